The second kappa shape index (κ2) is 7.06. The van der Waals surface area contributed by atoms with Gasteiger partial charge in [-0.15, -0.1) is 6.58 Å². The summed E-state index contributed by atoms with van der Waals surface area (Å²) < 4.78 is 25.2. The summed E-state index contributed by atoms with van der Waals surface area (Å²) in [5.41, 5.74) is 6.63. The van der Waals surface area contributed by atoms with Gasteiger partial charge in [0, 0.05) is 11.4 Å². The van der Waals surface area contributed by atoms with E-state index < -0.39 is 16.1 Å². The van der Waals surface area contributed by atoms with E-state index in [-0.39, 0.29) is 11.7 Å². The molecule has 0 aliphatic heterocycles. The maximum Gasteiger partial charge on any atom is 0.241 e. The van der Waals surface area contributed by atoms with Gasteiger partial charge < -0.3 is 11.1 Å². The zero-order chi connectivity index (χ0) is 15.2. The highest BCUT2D eigenvalue weighted by molar-refractivity contribution is 7.92. The molecule has 1 aromatic rings. The molecule has 0 radical (unpaired) electrons. The van der Waals surface area contributed by atoms with E-state index in [0.29, 0.717) is 17.8 Å². The lowest BCUT2D eigenvalue weighted by molar-refractivity contribution is -0.117. The van der Waals surface area contributed by atoms with E-state index in [1.807, 2.05) is 0 Å². The van der Waals surface area contributed by atoms with Crippen LogP contribution < -0.4 is 15.8 Å². The summed E-state index contributed by atoms with van der Waals surface area (Å²) in [5.74, 6) is -0.311. The van der Waals surface area contributed by atoms with Crippen molar-refractivity contribution < 1.29 is 13.2 Å². The molecule has 0 heterocycles. The highest BCUT2D eigenvalue weighted by Gasteiger charge is 2.12. The van der Waals surface area contributed by atoms with Gasteiger partial charge in [0.2, 0.25) is 15.9 Å². The van der Waals surface area contributed by atoms with Gasteiger partial charge in [0.05, 0.1) is 11.8 Å². The second-order valence-electron chi connectivity index (χ2n) is 4.20. The molecule has 0 spiro atoms. The van der Waals surface area contributed by atoms with Crippen LogP contribution in [0, 0.1) is 0 Å². The van der Waals surface area contributed by atoms with Gasteiger partial charge in [0.1, 0.15) is 0 Å². The van der Waals surface area contributed by atoms with E-state index in [4.69, 9.17) is 5.73 Å². The number of nitrogens with two attached hydrogens (primary N) is 1. The molecular formula is C13H19N3O3S. The Balaban J connectivity index is 2.68. The number of anilines is 2. The van der Waals surface area contributed by atoms with Crippen LogP contribution >= 0.6 is 0 Å². The molecule has 1 atom stereocenters. The number of sulfonamides is 1. The summed E-state index contributed by atoms with van der Waals surface area (Å²) in [4.78, 5) is 11.7. The third-order valence-electron chi connectivity index (χ3n) is 2.56. The van der Waals surface area contributed by atoms with Crippen LogP contribution in [0.15, 0.2) is 36.9 Å². The van der Waals surface area contributed by atoms with Crippen LogP contribution in [0.1, 0.15) is 13.3 Å². The Morgan fingerprint density at radius 2 is 1.90 bits per heavy atom. The number of carbonyl (C=O) groups is 1. The van der Waals surface area contributed by atoms with E-state index in [1.165, 1.54) is 0 Å². The lowest BCUT2D eigenvalue weighted by Crippen LogP contribution is -2.35. The first kappa shape index (κ1) is 16.2. The quantitative estimate of drug-likeness (QED) is 0.660. The van der Waals surface area contributed by atoms with Crippen LogP contribution in [0.4, 0.5) is 11.4 Å². The molecule has 1 unspecified atom stereocenters. The first-order valence-corrected chi connectivity index (χ1v) is 7.81. The van der Waals surface area contributed by atoms with Crippen molar-refractivity contribution in [1.82, 2.24) is 0 Å². The predicted octanol–water partition coefficient (Wildman–Crippen LogP) is 1.29. The maximum absolute atomic E-state index is 11.7. The fraction of sp³-hybridized carbons (Fsp3) is 0.308. The molecule has 110 valence electrons. The average Bonchev–Trinajstić information content (AvgIpc) is 2.41. The molecule has 0 saturated carbocycles. The number of hydrogen-bond donors (Lipinski definition) is 3. The minimum atomic E-state index is -3.30. The fourth-order valence-electron chi connectivity index (χ4n) is 1.39. The van der Waals surface area contributed by atoms with Gasteiger partial charge in [-0.3, -0.25) is 9.52 Å². The Morgan fingerprint density at radius 1 is 1.35 bits per heavy atom. The van der Waals surface area contributed by atoms with Crippen LogP contribution in [0.25, 0.3) is 0 Å². The first-order valence-electron chi connectivity index (χ1n) is 6.16. The van der Waals surface area contributed by atoms with E-state index in [0.717, 1.165) is 0 Å². The topological polar surface area (TPSA) is 101 Å². The molecule has 20 heavy (non-hydrogen) atoms. The minimum absolute atomic E-state index is 0.00188. The van der Waals surface area contributed by atoms with Crippen molar-refractivity contribution in [3.63, 3.8) is 0 Å². The highest BCUT2D eigenvalue weighted by atomic mass is 32.2. The molecule has 1 amide bonds. The number of nitrogens with one attached hydrogen (secondary N) is 2. The van der Waals surface area contributed by atoms with Gasteiger partial charge >= 0.3 is 0 Å². The zero-order valence-corrected chi connectivity index (χ0v) is 12.1. The van der Waals surface area contributed by atoms with Gasteiger partial charge in [0.15, 0.2) is 0 Å². The van der Waals surface area contributed by atoms with Gasteiger partial charge in [0.25, 0.3) is 0 Å². The molecule has 0 aliphatic carbocycles. The largest absolute Gasteiger partial charge is 0.325 e. The molecule has 0 aliphatic rings. The number of rotatable bonds is 7. The Hall–Kier alpha value is -1.86. The molecule has 0 fully saturated rings. The van der Waals surface area contributed by atoms with Crippen LogP contribution in [-0.4, -0.2) is 26.1 Å². The molecule has 1 rings (SSSR count). The van der Waals surface area contributed by atoms with E-state index >= 15 is 0 Å². The third kappa shape index (κ3) is 5.02. The Bertz CT molecular complexity index is 567. The molecule has 7 heteroatoms. The van der Waals surface area contributed by atoms with Crippen LogP contribution in [0.5, 0.6) is 0 Å². The van der Waals surface area contributed by atoms with Gasteiger partial charge in [-0.2, -0.15) is 0 Å². The summed E-state index contributed by atoms with van der Waals surface area (Å²) in [6.45, 7) is 5.07. The summed E-state index contributed by atoms with van der Waals surface area (Å²) in [6.07, 6.45) is 1.97. The summed E-state index contributed by atoms with van der Waals surface area (Å²) >= 11 is 0. The lowest BCUT2D eigenvalue weighted by atomic mass is 10.2. The molecule has 0 bridgehead atoms. The van der Waals surface area contributed by atoms with Crippen LogP contribution in [0.3, 0.4) is 0 Å². The molecule has 0 aromatic heterocycles. The molecule has 6 nitrogen and oxygen atoms in total. The van der Waals surface area contributed by atoms with Crippen LogP contribution in [-0.2, 0) is 14.8 Å². The normalized spacial score (nSPS) is 12.5. The van der Waals surface area contributed by atoms with Crippen molar-refractivity contribution in [2.45, 2.75) is 19.4 Å². The van der Waals surface area contributed by atoms with Gasteiger partial charge in [-0.1, -0.05) is 6.08 Å². The van der Waals surface area contributed by atoms with Crippen molar-refractivity contribution in [2.75, 3.05) is 15.8 Å². The zero-order valence-electron chi connectivity index (χ0n) is 11.3. The van der Waals surface area contributed by atoms with Crippen molar-refractivity contribution in [2.24, 2.45) is 5.73 Å². The van der Waals surface area contributed by atoms with Crippen molar-refractivity contribution in [3.05, 3.63) is 36.9 Å². The smallest absolute Gasteiger partial charge is 0.241 e. The first-order chi connectivity index (χ1) is 9.38. The number of hydrogen-bond acceptors (Lipinski definition) is 4. The van der Waals surface area contributed by atoms with Crippen molar-refractivity contribution in [3.8, 4) is 0 Å². The van der Waals surface area contributed by atoms with E-state index in [2.05, 4.69) is 16.6 Å². The fourth-order valence-corrected chi connectivity index (χ4v) is 2.03. The highest BCUT2D eigenvalue weighted by Crippen LogP contribution is 2.15. The minimum Gasteiger partial charge on any atom is -0.325 e. The summed E-state index contributed by atoms with van der Waals surface area (Å²) in [6, 6.07) is 5.70. The number of carbonyl (C=O) groups excluding carboxylic acids is 1. The summed E-state index contributed by atoms with van der Waals surface area (Å²) in [7, 11) is -3.30. The van der Waals surface area contributed by atoms with Crippen molar-refractivity contribution >= 4 is 27.3 Å². The SMILES string of the molecule is C=CCC(N)C(=O)Nc1ccc(NS(=O)(=O)CC)cc1. The third-order valence-corrected chi connectivity index (χ3v) is 3.87. The maximum atomic E-state index is 11.7. The van der Waals surface area contributed by atoms with Crippen LogP contribution in [0.2, 0.25) is 0 Å². The Labute approximate surface area is 119 Å². The van der Waals surface area contributed by atoms with E-state index in [1.54, 1.807) is 37.3 Å². The summed E-state index contributed by atoms with van der Waals surface area (Å²) in [5, 5.41) is 2.64. The predicted molar refractivity (Wildman–Crippen MR) is 80.9 cm³/mol. The lowest BCUT2D eigenvalue weighted by Gasteiger charge is -2.11. The molecule has 1 aromatic carbocycles. The van der Waals surface area contributed by atoms with Gasteiger partial charge in [-0.25, -0.2) is 8.42 Å². The average molecular weight is 297 g/mol. The number of benzene rings is 1. The van der Waals surface area contributed by atoms with E-state index in [9.17, 15) is 13.2 Å². The monoisotopic (exact) mass is 297 g/mol. The standard InChI is InChI=1S/C13H19N3O3S/c1-3-5-12(14)13(17)15-10-6-8-11(9-7-10)16-20(18,19)4-2/h3,6-9,12,16H,1,4-5,14H2,2H3,(H,15,17). The molecule has 4 N–H and O–H groups in total. The van der Waals surface area contributed by atoms with Gasteiger partial charge in [-0.05, 0) is 37.6 Å². The Morgan fingerprint density at radius 3 is 2.40 bits per heavy atom. The second-order valence-corrected chi connectivity index (χ2v) is 6.21. The Kier molecular flexibility index (Phi) is 5.72. The van der Waals surface area contributed by atoms with Crippen molar-refractivity contribution in [1.29, 1.82) is 0 Å². The number of amides is 1. The molecular weight excluding hydrogens is 278 g/mol. The molecule has 0 saturated heterocycles.